The molecule has 9 nitrogen and oxygen atoms in total. The maximum atomic E-state index is 13.3. The molecular formula is C28H33N3O6. The van der Waals surface area contributed by atoms with Crippen LogP contribution >= 0.6 is 0 Å². The normalized spacial score (nSPS) is 23.2. The van der Waals surface area contributed by atoms with Gasteiger partial charge in [0.1, 0.15) is 11.5 Å². The molecular weight excluding hydrogens is 474 g/mol. The number of rotatable bonds is 3. The predicted molar refractivity (Wildman–Crippen MR) is 135 cm³/mol. The number of carbonyl (C=O) groups is 3. The van der Waals surface area contributed by atoms with Crippen molar-refractivity contribution in [2.24, 2.45) is 5.41 Å². The van der Waals surface area contributed by atoms with Gasteiger partial charge in [-0.15, -0.1) is 0 Å². The molecule has 1 aliphatic carbocycles. The minimum Gasteiger partial charge on any atom is -0.457 e. The highest BCUT2D eigenvalue weighted by Gasteiger charge is 2.53. The van der Waals surface area contributed by atoms with Crippen molar-refractivity contribution < 1.29 is 28.6 Å². The average Bonchev–Trinajstić information content (AvgIpc) is 3.55. The lowest BCUT2D eigenvalue weighted by Gasteiger charge is -2.23. The molecule has 0 unspecified atom stereocenters. The highest BCUT2D eigenvalue weighted by atomic mass is 16.5. The van der Waals surface area contributed by atoms with Gasteiger partial charge in [-0.25, -0.2) is 0 Å². The molecule has 2 aliphatic heterocycles. The molecule has 37 heavy (non-hydrogen) atoms. The maximum absolute atomic E-state index is 13.3. The topological polar surface area (TPSA) is 97.4 Å². The van der Waals surface area contributed by atoms with E-state index in [9.17, 15) is 14.4 Å². The van der Waals surface area contributed by atoms with Crippen molar-refractivity contribution in [3.05, 3.63) is 59.2 Å². The molecule has 3 aliphatic rings. The Labute approximate surface area is 216 Å². The monoisotopic (exact) mass is 507 g/mol. The summed E-state index contributed by atoms with van der Waals surface area (Å²) in [6.45, 7) is 3.22. The van der Waals surface area contributed by atoms with E-state index in [1.807, 2.05) is 37.3 Å². The molecule has 5 rings (SSSR count). The van der Waals surface area contributed by atoms with E-state index >= 15 is 0 Å². The van der Waals surface area contributed by atoms with E-state index in [-0.39, 0.29) is 30.4 Å². The second-order valence-electron chi connectivity index (χ2n) is 10.3. The molecule has 2 heterocycles. The molecule has 4 bridgehead atoms. The van der Waals surface area contributed by atoms with Crippen molar-refractivity contribution >= 4 is 17.7 Å². The molecule has 2 atom stereocenters. The van der Waals surface area contributed by atoms with Gasteiger partial charge in [0, 0.05) is 32.8 Å². The Bertz CT molecular complexity index is 1210. The minimum atomic E-state index is -0.461. The molecule has 2 aromatic rings. The summed E-state index contributed by atoms with van der Waals surface area (Å²) in [7, 11) is 3.20. The molecule has 0 aromatic heterocycles. The summed E-state index contributed by atoms with van der Waals surface area (Å²) >= 11 is 0. The van der Waals surface area contributed by atoms with Gasteiger partial charge < -0.3 is 29.3 Å². The van der Waals surface area contributed by atoms with Crippen LogP contribution in [0.2, 0.25) is 0 Å². The molecule has 1 saturated heterocycles. The molecule has 2 fully saturated rings. The number of amides is 3. The Morgan fingerprint density at radius 3 is 2.73 bits per heavy atom. The van der Waals surface area contributed by atoms with Gasteiger partial charge in [0.15, 0.2) is 0 Å². The van der Waals surface area contributed by atoms with Crippen molar-refractivity contribution in [3.8, 4) is 11.5 Å². The van der Waals surface area contributed by atoms with E-state index in [0.29, 0.717) is 43.4 Å². The number of benzene rings is 2. The summed E-state index contributed by atoms with van der Waals surface area (Å²) in [4.78, 5) is 42.5. The number of aryl methyl sites for hydroxylation is 1. The van der Waals surface area contributed by atoms with Crippen molar-refractivity contribution in [2.75, 3.05) is 40.4 Å². The summed E-state index contributed by atoms with van der Waals surface area (Å²) in [5.41, 5.74) is 1.77. The van der Waals surface area contributed by atoms with Crippen LogP contribution in [0.15, 0.2) is 42.5 Å². The van der Waals surface area contributed by atoms with Gasteiger partial charge in [0.25, 0.3) is 5.91 Å². The van der Waals surface area contributed by atoms with Crippen LogP contribution in [0, 0.1) is 12.3 Å². The SMILES string of the molecule is COCC1(C(=O)N2C[C@@H]3NC(=O)CN(C)C(=O)c4ccc(C)c(c4)Oc4cccc(c4)CO[C@H]3C2)CC1. The Kier molecular flexibility index (Phi) is 6.92. The second-order valence-corrected chi connectivity index (χ2v) is 10.3. The van der Waals surface area contributed by atoms with Gasteiger partial charge in [-0.3, -0.25) is 14.4 Å². The van der Waals surface area contributed by atoms with Gasteiger partial charge in [-0.1, -0.05) is 18.2 Å². The average molecular weight is 508 g/mol. The van der Waals surface area contributed by atoms with E-state index in [2.05, 4.69) is 5.32 Å². The second kappa shape index (κ2) is 10.1. The first-order valence-electron chi connectivity index (χ1n) is 12.6. The standard InChI is InChI=1S/C28H33N3O6/c1-18-7-8-20-12-23(18)37-21-6-4-5-19(11-21)16-36-24-14-31(27(34)28(9-10-28)17-35-3)13-22(24)29-25(32)15-30(2)26(20)33/h4-8,11-12,22,24H,9-10,13-17H2,1-3H3,(H,29,32)/t22-,24-/m0/s1. The van der Waals surface area contributed by atoms with Gasteiger partial charge >= 0.3 is 0 Å². The number of hydrogen-bond acceptors (Lipinski definition) is 6. The first-order chi connectivity index (χ1) is 17.8. The van der Waals surface area contributed by atoms with Crippen molar-refractivity contribution in [2.45, 2.75) is 38.5 Å². The fraction of sp³-hybridized carbons (Fsp3) is 0.464. The van der Waals surface area contributed by atoms with Crippen LogP contribution in [0.1, 0.15) is 34.3 Å². The molecule has 9 heteroatoms. The Hall–Kier alpha value is -3.43. The molecule has 1 saturated carbocycles. The number of nitrogens with one attached hydrogen (secondary N) is 1. The molecule has 2 aromatic carbocycles. The smallest absolute Gasteiger partial charge is 0.254 e. The Morgan fingerprint density at radius 2 is 1.97 bits per heavy atom. The van der Waals surface area contributed by atoms with Crippen LogP contribution in [0.5, 0.6) is 11.5 Å². The van der Waals surface area contributed by atoms with Crippen LogP contribution in [0.4, 0.5) is 0 Å². The number of fused-ring (bicyclic) bond motifs is 5. The zero-order valence-corrected chi connectivity index (χ0v) is 21.5. The van der Waals surface area contributed by atoms with Gasteiger partial charge in [0.2, 0.25) is 11.8 Å². The van der Waals surface area contributed by atoms with Crippen LogP contribution in [-0.2, 0) is 25.7 Å². The maximum Gasteiger partial charge on any atom is 0.254 e. The van der Waals surface area contributed by atoms with Crippen LogP contribution in [-0.4, -0.2) is 80.1 Å². The van der Waals surface area contributed by atoms with Crippen molar-refractivity contribution in [1.29, 1.82) is 0 Å². The fourth-order valence-electron chi connectivity index (χ4n) is 5.06. The van der Waals surface area contributed by atoms with E-state index in [1.54, 1.807) is 31.2 Å². The minimum absolute atomic E-state index is 0.0444. The number of methoxy groups -OCH3 is 1. The van der Waals surface area contributed by atoms with Crippen LogP contribution in [0.25, 0.3) is 0 Å². The Balaban J connectivity index is 1.41. The molecule has 0 radical (unpaired) electrons. The highest BCUT2D eigenvalue weighted by molar-refractivity contribution is 5.97. The lowest BCUT2D eigenvalue weighted by Crippen LogP contribution is -2.48. The van der Waals surface area contributed by atoms with E-state index in [0.717, 1.165) is 24.0 Å². The van der Waals surface area contributed by atoms with Crippen molar-refractivity contribution in [3.63, 3.8) is 0 Å². The third kappa shape index (κ3) is 5.33. The number of nitrogens with zero attached hydrogens (tertiary/aromatic N) is 2. The van der Waals surface area contributed by atoms with E-state index in [4.69, 9.17) is 14.2 Å². The summed E-state index contributed by atoms with van der Waals surface area (Å²) in [6.07, 6.45) is 1.22. The lowest BCUT2D eigenvalue weighted by atomic mass is 10.1. The number of carbonyl (C=O) groups excluding carboxylic acids is 3. The highest BCUT2D eigenvalue weighted by Crippen LogP contribution is 2.48. The van der Waals surface area contributed by atoms with Gasteiger partial charge in [-0.05, 0) is 55.2 Å². The number of likely N-dealkylation sites (tertiary alicyclic amines) is 1. The molecule has 3 amide bonds. The van der Waals surface area contributed by atoms with Gasteiger partial charge in [-0.2, -0.15) is 0 Å². The number of hydrogen-bond donors (Lipinski definition) is 1. The number of ether oxygens (including phenoxy) is 3. The van der Waals surface area contributed by atoms with Crippen LogP contribution in [0.3, 0.4) is 0 Å². The first kappa shape index (κ1) is 25.2. The van der Waals surface area contributed by atoms with E-state index < -0.39 is 11.5 Å². The number of likely N-dealkylation sites (N-methyl/N-ethyl adjacent to an activating group) is 1. The lowest BCUT2D eigenvalue weighted by molar-refractivity contribution is -0.138. The van der Waals surface area contributed by atoms with Crippen LogP contribution < -0.4 is 10.1 Å². The third-order valence-corrected chi connectivity index (χ3v) is 7.38. The molecule has 196 valence electrons. The van der Waals surface area contributed by atoms with Gasteiger partial charge in [0.05, 0.1) is 37.3 Å². The fourth-order valence-corrected chi connectivity index (χ4v) is 5.06. The zero-order valence-electron chi connectivity index (χ0n) is 21.5. The largest absolute Gasteiger partial charge is 0.457 e. The first-order valence-corrected chi connectivity index (χ1v) is 12.6. The molecule has 0 spiro atoms. The Morgan fingerprint density at radius 1 is 1.16 bits per heavy atom. The van der Waals surface area contributed by atoms with Crippen molar-refractivity contribution in [1.82, 2.24) is 15.1 Å². The summed E-state index contributed by atoms with van der Waals surface area (Å²) in [5, 5.41) is 3.02. The van der Waals surface area contributed by atoms with E-state index in [1.165, 1.54) is 4.90 Å². The summed E-state index contributed by atoms with van der Waals surface area (Å²) in [6, 6.07) is 12.5. The quantitative estimate of drug-likeness (QED) is 0.686. The molecule has 1 N–H and O–H groups in total. The zero-order chi connectivity index (χ0) is 26.2. The summed E-state index contributed by atoms with van der Waals surface area (Å²) in [5.74, 6) is 0.663. The predicted octanol–water partition coefficient (Wildman–Crippen LogP) is 2.51. The third-order valence-electron chi connectivity index (χ3n) is 7.38. The summed E-state index contributed by atoms with van der Waals surface area (Å²) < 4.78 is 17.7.